The Morgan fingerprint density at radius 3 is 2.15 bits per heavy atom. The van der Waals surface area contributed by atoms with E-state index in [9.17, 15) is 0 Å². The number of pyridine rings is 2. The SMILES string of the molecule is c1ccc(-n2c3ccccc3c3cc(-c4cc5ccccc5c5nc6c7ccccc7ncc6n45)ccc32)cc1. The number of rotatable bonds is 2. The Balaban J connectivity index is 1.41. The molecule has 0 radical (unpaired) electrons. The van der Waals surface area contributed by atoms with Crippen LogP contribution in [0.15, 0.2) is 134 Å². The first kappa shape index (κ1) is 21.5. The molecule has 0 N–H and O–H groups in total. The molecule has 4 aromatic heterocycles. The number of nitrogens with zero attached hydrogens (tertiary/aromatic N) is 4. The fourth-order valence-corrected chi connectivity index (χ4v) is 6.33. The van der Waals surface area contributed by atoms with Crippen molar-refractivity contribution in [2.45, 2.75) is 0 Å². The average molecular weight is 511 g/mol. The van der Waals surface area contributed by atoms with Gasteiger partial charge in [0, 0.05) is 27.2 Å². The second-order valence-corrected chi connectivity index (χ2v) is 10.3. The molecule has 0 unspecified atom stereocenters. The summed E-state index contributed by atoms with van der Waals surface area (Å²) in [5.74, 6) is 0. The zero-order valence-corrected chi connectivity index (χ0v) is 21.5. The average Bonchev–Trinajstić information content (AvgIpc) is 3.58. The molecule has 9 aromatic rings. The van der Waals surface area contributed by atoms with E-state index >= 15 is 0 Å². The molecule has 0 aliphatic carbocycles. The van der Waals surface area contributed by atoms with Gasteiger partial charge < -0.3 is 4.57 Å². The van der Waals surface area contributed by atoms with Gasteiger partial charge in [-0.15, -0.1) is 0 Å². The molecule has 0 aliphatic rings. The van der Waals surface area contributed by atoms with E-state index in [-0.39, 0.29) is 0 Å². The number of benzene rings is 5. The van der Waals surface area contributed by atoms with Crippen molar-refractivity contribution >= 4 is 60.2 Å². The van der Waals surface area contributed by atoms with Gasteiger partial charge in [0.25, 0.3) is 0 Å². The predicted molar refractivity (Wildman–Crippen MR) is 165 cm³/mol. The standard InChI is InChI=1S/C36H22N4/c1-2-11-25(12-3-1)39-31-17-9-7-14-27(31)29-20-24(18-19-32(29)39)33-21-23-10-4-5-13-26(23)36-38-35-28-15-6-8-16-30(28)37-22-34(35)40(33)36/h1-22H. The summed E-state index contributed by atoms with van der Waals surface area (Å²) in [4.78, 5) is 10.0. The van der Waals surface area contributed by atoms with E-state index in [0.29, 0.717) is 0 Å². The molecule has 0 aliphatic heterocycles. The van der Waals surface area contributed by atoms with E-state index in [1.807, 2.05) is 18.3 Å². The Morgan fingerprint density at radius 1 is 0.525 bits per heavy atom. The summed E-state index contributed by atoms with van der Waals surface area (Å²) in [6, 6.07) is 45.1. The molecule has 0 saturated carbocycles. The summed E-state index contributed by atoms with van der Waals surface area (Å²) in [6.45, 7) is 0. The lowest BCUT2D eigenvalue weighted by Crippen LogP contribution is -1.95. The van der Waals surface area contributed by atoms with Gasteiger partial charge in [-0.3, -0.25) is 9.38 Å². The van der Waals surface area contributed by atoms with Crippen LogP contribution in [-0.4, -0.2) is 18.9 Å². The number of fused-ring (bicyclic) bond motifs is 10. The molecular formula is C36H22N4. The highest BCUT2D eigenvalue weighted by Gasteiger charge is 2.18. The molecule has 9 rings (SSSR count). The van der Waals surface area contributed by atoms with Crippen LogP contribution >= 0.6 is 0 Å². The van der Waals surface area contributed by atoms with Gasteiger partial charge in [-0.1, -0.05) is 84.9 Å². The van der Waals surface area contributed by atoms with E-state index in [4.69, 9.17) is 9.97 Å². The molecule has 4 nitrogen and oxygen atoms in total. The lowest BCUT2D eigenvalue weighted by Gasteiger charge is -2.11. The fourth-order valence-electron chi connectivity index (χ4n) is 6.33. The minimum absolute atomic E-state index is 0.952. The molecule has 0 amide bonds. The number of aromatic nitrogens is 4. The third-order valence-electron chi connectivity index (χ3n) is 8.12. The molecule has 4 heterocycles. The second kappa shape index (κ2) is 8.01. The third kappa shape index (κ3) is 2.90. The highest BCUT2D eigenvalue weighted by atomic mass is 15.0. The number of imidazole rings is 1. The van der Waals surface area contributed by atoms with Gasteiger partial charge in [0.15, 0.2) is 0 Å². The Bertz CT molecular complexity index is 2430. The second-order valence-electron chi connectivity index (χ2n) is 10.3. The first-order chi connectivity index (χ1) is 19.8. The van der Waals surface area contributed by atoms with Crippen LogP contribution < -0.4 is 0 Å². The highest BCUT2D eigenvalue weighted by molar-refractivity contribution is 6.12. The Kier molecular flexibility index (Phi) is 4.30. The van der Waals surface area contributed by atoms with Crippen LogP contribution in [0.25, 0.3) is 77.1 Å². The summed E-state index contributed by atoms with van der Waals surface area (Å²) >= 11 is 0. The molecule has 4 heteroatoms. The number of hydrogen-bond acceptors (Lipinski definition) is 2. The maximum absolute atomic E-state index is 5.23. The molecule has 0 spiro atoms. The molecule has 0 fully saturated rings. The monoisotopic (exact) mass is 510 g/mol. The Labute approximate surface area is 229 Å². The van der Waals surface area contributed by atoms with E-state index in [1.54, 1.807) is 0 Å². The van der Waals surface area contributed by atoms with E-state index in [1.165, 1.54) is 27.2 Å². The molecule has 0 atom stereocenters. The van der Waals surface area contributed by atoms with Gasteiger partial charge in [-0.2, -0.15) is 0 Å². The van der Waals surface area contributed by atoms with Crippen LogP contribution in [0.3, 0.4) is 0 Å². The molecule has 186 valence electrons. The fraction of sp³-hybridized carbons (Fsp3) is 0. The van der Waals surface area contributed by atoms with Crippen molar-refractivity contribution in [1.29, 1.82) is 0 Å². The maximum atomic E-state index is 5.23. The number of para-hydroxylation sites is 3. The quantitative estimate of drug-likeness (QED) is 0.233. The summed E-state index contributed by atoms with van der Waals surface area (Å²) in [7, 11) is 0. The van der Waals surface area contributed by atoms with Crippen molar-refractivity contribution in [1.82, 2.24) is 18.9 Å². The minimum atomic E-state index is 0.952. The highest BCUT2D eigenvalue weighted by Crippen LogP contribution is 2.38. The van der Waals surface area contributed by atoms with Gasteiger partial charge in [0.05, 0.1) is 34.0 Å². The van der Waals surface area contributed by atoms with Gasteiger partial charge in [-0.05, 0) is 53.4 Å². The summed E-state index contributed by atoms with van der Waals surface area (Å²) < 4.78 is 4.64. The van der Waals surface area contributed by atoms with Gasteiger partial charge in [-0.25, -0.2) is 4.98 Å². The first-order valence-corrected chi connectivity index (χ1v) is 13.5. The number of hydrogen-bond donors (Lipinski definition) is 0. The van der Waals surface area contributed by atoms with Crippen LogP contribution in [0.5, 0.6) is 0 Å². The first-order valence-electron chi connectivity index (χ1n) is 13.5. The van der Waals surface area contributed by atoms with Gasteiger partial charge in [0.1, 0.15) is 11.2 Å². The molecule has 40 heavy (non-hydrogen) atoms. The van der Waals surface area contributed by atoms with Crippen LogP contribution in [0.2, 0.25) is 0 Å². The van der Waals surface area contributed by atoms with Crippen molar-refractivity contribution in [3.63, 3.8) is 0 Å². The lowest BCUT2D eigenvalue weighted by atomic mass is 10.0. The van der Waals surface area contributed by atoms with Crippen molar-refractivity contribution in [3.05, 3.63) is 134 Å². The molecule has 0 saturated heterocycles. The molecular weight excluding hydrogens is 488 g/mol. The molecule has 5 aromatic carbocycles. The van der Waals surface area contributed by atoms with Crippen LogP contribution in [-0.2, 0) is 0 Å². The van der Waals surface area contributed by atoms with Crippen molar-refractivity contribution in [2.24, 2.45) is 0 Å². The Hall–Kier alpha value is -5.48. The Morgan fingerprint density at radius 2 is 1.25 bits per heavy atom. The topological polar surface area (TPSA) is 35.1 Å². The van der Waals surface area contributed by atoms with E-state index in [0.717, 1.165) is 49.9 Å². The van der Waals surface area contributed by atoms with Crippen LogP contribution in [0.4, 0.5) is 0 Å². The van der Waals surface area contributed by atoms with Crippen molar-refractivity contribution in [3.8, 4) is 16.9 Å². The normalized spacial score (nSPS) is 12.0. The predicted octanol–water partition coefficient (Wildman–Crippen LogP) is 8.95. The van der Waals surface area contributed by atoms with Crippen molar-refractivity contribution in [2.75, 3.05) is 0 Å². The lowest BCUT2D eigenvalue weighted by molar-refractivity contribution is 1.18. The molecule has 0 bridgehead atoms. The van der Waals surface area contributed by atoms with Gasteiger partial charge >= 0.3 is 0 Å². The summed E-state index contributed by atoms with van der Waals surface area (Å²) in [6.07, 6.45) is 1.97. The summed E-state index contributed by atoms with van der Waals surface area (Å²) in [5, 5.41) is 5.84. The van der Waals surface area contributed by atoms with E-state index < -0.39 is 0 Å². The van der Waals surface area contributed by atoms with Crippen LogP contribution in [0.1, 0.15) is 0 Å². The third-order valence-corrected chi connectivity index (χ3v) is 8.12. The maximum Gasteiger partial charge on any atom is 0.146 e. The van der Waals surface area contributed by atoms with Crippen molar-refractivity contribution < 1.29 is 0 Å². The zero-order valence-electron chi connectivity index (χ0n) is 21.5. The van der Waals surface area contributed by atoms with E-state index in [2.05, 4.69) is 124 Å². The van der Waals surface area contributed by atoms with Crippen LogP contribution in [0, 0.1) is 0 Å². The van der Waals surface area contributed by atoms with Gasteiger partial charge in [0.2, 0.25) is 0 Å². The zero-order chi connectivity index (χ0) is 26.2. The largest absolute Gasteiger partial charge is 0.309 e. The summed E-state index contributed by atoms with van der Waals surface area (Å²) in [5.41, 5.74) is 9.70. The smallest absolute Gasteiger partial charge is 0.146 e. The minimum Gasteiger partial charge on any atom is -0.309 e.